The molecular formula is C20H19BrN4O2. The molecule has 27 heavy (non-hydrogen) atoms. The van der Waals surface area contributed by atoms with Gasteiger partial charge in [0, 0.05) is 29.7 Å². The number of hydrogen-bond acceptors (Lipinski definition) is 4. The Balaban J connectivity index is 1.45. The van der Waals surface area contributed by atoms with Gasteiger partial charge in [0.25, 0.3) is 5.91 Å². The molecule has 0 saturated carbocycles. The van der Waals surface area contributed by atoms with Crippen LogP contribution in [0.4, 0.5) is 0 Å². The van der Waals surface area contributed by atoms with Crippen LogP contribution in [0.25, 0.3) is 5.69 Å². The average Bonchev–Trinajstić information content (AvgIpc) is 3.31. The van der Waals surface area contributed by atoms with E-state index >= 15 is 0 Å². The quantitative estimate of drug-likeness (QED) is 0.638. The molecule has 6 nitrogen and oxygen atoms in total. The third kappa shape index (κ3) is 3.73. The summed E-state index contributed by atoms with van der Waals surface area (Å²) in [4.78, 5) is 19.0. The predicted octanol–water partition coefficient (Wildman–Crippen LogP) is 3.63. The number of likely N-dealkylation sites (tertiary alicyclic amines) is 1. The molecule has 1 aliphatic heterocycles. The van der Waals surface area contributed by atoms with E-state index in [1.165, 1.54) is 0 Å². The smallest absolute Gasteiger partial charge is 0.257 e. The van der Waals surface area contributed by atoms with Gasteiger partial charge < -0.3 is 9.64 Å². The van der Waals surface area contributed by atoms with Gasteiger partial charge in [0.05, 0.1) is 29.7 Å². The number of aromatic nitrogens is 3. The SMILES string of the molecule is Cc1c(C(=O)N2CCC(Oc3ccc(Br)cn3)C2)cnn1-c1ccccc1. The fourth-order valence-electron chi connectivity index (χ4n) is 3.23. The highest BCUT2D eigenvalue weighted by Gasteiger charge is 2.30. The molecule has 0 N–H and O–H groups in total. The van der Waals surface area contributed by atoms with Crippen LogP contribution in [0.15, 0.2) is 59.3 Å². The van der Waals surface area contributed by atoms with E-state index in [0.29, 0.717) is 24.5 Å². The molecule has 3 heterocycles. The van der Waals surface area contributed by atoms with E-state index in [4.69, 9.17) is 4.74 Å². The van der Waals surface area contributed by atoms with Crippen molar-refractivity contribution >= 4 is 21.8 Å². The number of nitrogens with zero attached hydrogens (tertiary/aromatic N) is 4. The van der Waals surface area contributed by atoms with E-state index in [-0.39, 0.29) is 12.0 Å². The van der Waals surface area contributed by atoms with Gasteiger partial charge in [0.2, 0.25) is 5.88 Å². The zero-order valence-electron chi connectivity index (χ0n) is 14.9. The van der Waals surface area contributed by atoms with Gasteiger partial charge in [-0.05, 0) is 41.1 Å². The molecule has 0 spiro atoms. The lowest BCUT2D eigenvalue weighted by molar-refractivity contribution is 0.0770. The first-order valence-corrected chi connectivity index (χ1v) is 9.58. The van der Waals surface area contributed by atoms with Crippen LogP contribution in [-0.4, -0.2) is 44.8 Å². The maximum atomic E-state index is 13.0. The maximum absolute atomic E-state index is 13.0. The zero-order valence-corrected chi connectivity index (χ0v) is 16.5. The van der Waals surface area contributed by atoms with Crippen molar-refractivity contribution in [2.75, 3.05) is 13.1 Å². The minimum absolute atomic E-state index is 0.00968. The lowest BCUT2D eigenvalue weighted by Crippen LogP contribution is -2.31. The summed E-state index contributed by atoms with van der Waals surface area (Å²) in [6.45, 7) is 3.13. The predicted molar refractivity (Wildman–Crippen MR) is 105 cm³/mol. The normalized spacial score (nSPS) is 16.5. The molecule has 0 radical (unpaired) electrons. The number of pyridine rings is 1. The first kappa shape index (κ1) is 17.7. The second kappa shape index (κ2) is 7.52. The van der Waals surface area contributed by atoms with Crippen LogP contribution in [0, 0.1) is 6.92 Å². The van der Waals surface area contributed by atoms with Crippen LogP contribution in [0.3, 0.4) is 0 Å². The Hall–Kier alpha value is -2.67. The summed E-state index contributed by atoms with van der Waals surface area (Å²) >= 11 is 3.36. The number of rotatable bonds is 4. The first-order valence-electron chi connectivity index (χ1n) is 8.79. The van der Waals surface area contributed by atoms with Crippen LogP contribution >= 0.6 is 15.9 Å². The summed E-state index contributed by atoms with van der Waals surface area (Å²) in [5.74, 6) is 0.565. The lowest BCUT2D eigenvalue weighted by atomic mass is 10.2. The molecule has 4 rings (SSSR count). The molecule has 1 fully saturated rings. The van der Waals surface area contributed by atoms with Crippen LogP contribution in [0.5, 0.6) is 5.88 Å². The maximum Gasteiger partial charge on any atom is 0.257 e. The van der Waals surface area contributed by atoms with Crippen LogP contribution in [-0.2, 0) is 0 Å². The Morgan fingerprint density at radius 2 is 2.00 bits per heavy atom. The third-order valence-corrected chi connectivity index (χ3v) is 5.13. The standard InChI is InChI=1S/C20H19BrN4O2/c1-14-18(12-23-25(14)16-5-3-2-4-6-16)20(26)24-10-9-17(13-24)27-19-8-7-15(21)11-22-19/h2-8,11-12,17H,9-10,13H2,1H3. The van der Waals surface area contributed by atoms with Gasteiger partial charge in [-0.3, -0.25) is 4.79 Å². The van der Waals surface area contributed by atoms with Gasteiger partial charge in [0.15, 0.2) is 0 Å². The molecule has 2 aromatic heterocycles. The van der Waals surface area contributed by atoms with Crippen molar-refractivity contribution in [3.05, 3.63) is 70.6 Å². The van der Waals surface area contributed by atoms with Gasteiger partial charge in [-0.15, -0.1) is 0 Å². The molecule has 7 heteroatoms. The van der Waals surface area contributed by atoms with Crippen molar-refractivity contribution in [2.24, 2.45) is 0 Å². The Morgan fingerprint density at radius 1 is 1.19 bits per heavy atom. The highest BCUT2D eigenvalue weighted by molar-refractivity contribution is 9.10. The van der Waals surface area contributed by atoms with Crippen molar-refractivity contribution in [3.8, 4) is 11.6 Å². The molecule has 138 valence electrons. The fraction of sp³-hybridized carbons (Fsp3) is 0.250. The van der Waals surface area contributed by atoms with E-state index in [1.54, 1.807) is 17.1 Å². The highest BCUT2D eigenvalue weighted by Crippen LogP contribution is 2.21. The summed E-state index contributed by atoms with van der Waals surface area (Å²) in [5.41, 5.74) is 2.41. The Morgan fingerprint density at radius 3 is 2.74 bits per heavy atom. The lowest BCUT2D eigenvalue weighted by Gasteiger charge is -2.17. The summed E-state index contributed by atoms with van der Waals surface area (Å²) in [6, 6.07) is 13.5. The number of benzene rings is 1. The number of ether oxygens (including phenoxy) is 1. The van der Waals surface area contributed by atoms with Gasteiger partial charge in [-0.25, -0.2) is 9.67 Å². The average molecular weight is 427 g/mol. The van der Waals surface area contributed by atoms with Crippen molar-refractivity contribution in [3.63, 3.8) is 0 Å². The van der Waals surface area contributed by atoms with Crippen LogP contribution in [0.2, 0.25) is 0 Å². The van der Waals surface area contributed by atoms with Crippen molar-refractivity contribution < 1.29 is 9.53 Å². The molecule has 1 amide bonds. The molecule has 1 aromatic carbocycles. The number of carbonyl (C=O) groups excluding carboxylic acids is 1. The van der Waals surface area contributed by atoms with E-state index in [1.807, 2.05) is 54.3 Å². The Kier molecular flexibility index (Phi) is 4.94. The fourth-order valence-corrected chi connectivity index (χ4v) is 3.47. The molecule has 3 aromatic rings. The molecule has 1 atom stereocenters. The monoisotopic (exact) mass is 426 g/mol. The van der Waals surface area contributed by atoms with E-state index in [2.05, 4.69) is 26.0 Å². The van der Waals surface area contributed by atoms with Crippen molar-refractivity contribution in [2.45, 2.75) is 19.4 Å². The molecular weight excluding hydrogens is 408 g/mol. The highest BCUT2D eigenvalue weighted by atomic mass is 79.9. The Bertz CT molecular complexity index is 940. The van der Waals surface area contributed by atoms with E-state index in [9.17, 15) is 4.79 Å². The van der Waals surface area contributed by atoms with Crippen molar-refractivity contribution in [1.82, 2.24) is 19.7 Å². The number of halogens is 1. The van der Waals surface area contributed by atoms with Crippen LogP contribution in [0.1, 0.15) is 22.5 Å². The molecule has 1 aliphatic rings. The summed E-state index contributed by atoms with van der Waals surface area (Å²) in [5, 5.41) is 4.40. The van der Waals surface area contributed by atoms with Gasteiger partial charge in [0.1, 0.15) is 6.10 Å². The third-order valence-electron chi connectivity index (χ3n) is 4.66. The second-order valence-electron chi connectivity index (χ2n) is 6.49. The summed E-state index contributed by atoms with van der Waals surface area (Å²) in [6.07, 6.45) is 4.09. The molecule has 0 aliphatic carbocycles. The summed E-state index contributed by atoms with van der Waals surface area (Å²) < 4.78 is 8.61. The van der Waals surface area contributed by atoms with E-state index < -0.39 is 0 Å². The molecule has 0 bridgehead atoms. The van der Waals surface area contributed by atoms with Crippen LogP contribution < -0.4 is 4.74 Å². The van der Waals surface area contributed by atoms with Gasteiger partial charge in [-0.1, -0.05) is 18.2 Å². The number of carbonyl (C=O) groups is 1. The molecule has 1 saturated heterocycles. The summed E-state index contributed by atoms with van der Waals surface area (Å²) in [7, 11) is 0. The topological polar surface area (TPSA) is 60.3 Å². The Labute approximate surface area is 165 Å². The van der Waals surface area contributed by atoms with Crippen molar-refractivity contribution in [1.29, 1.82) is 0 Å². The second-order valence-corrected chi connectivity index (χ2v) is 7.40. The first-order chi connectivity index (χ1) is 13.1. The zero-order chi connectivity index (χ0) is 18.8. The van der Waals surface area contributed by atoms with Gasteiger partial charge in [-0.2, -0.15) is 5.10 Å². The number of amides is 1. The number of para-hydroxylation sites is 1. The van der Waals surface area contributed by atoms with Gasteiger partial charge >= 0.3 is 0 Å². The minimum Gasteiger partial charge on any atom is -0.472 e. The molecule has 1 unspecified atom stereocenters. The van der Waals surface area contributed by atoms with E-state index in [0.717, 1.165) is 22.3 Å². The number of hydrogen-bond donors (Lipinski definition) is 0. The minimum atomic E-state index is -0.0490. The largest absolute Gasteiger partial charge is 0.472 e.